The van der Waals surface area contributed by atoms with Crippen molar-refractivity contribution in [2.45, 2.75) is 19.8 Å². The molecule has 0 heterocycles. The lowest BCUT2D eigenvalue weighted by Gasteiger charge is -1.98. The van der Waals surface area contributed by atoms with Crippen molar-refractivity contribution in [2.24, 2.45) is 10.2 Å². The Labute approximate surface area is 129 Å². The van der Waals surface area contributed by atoms with Gasteiger partial charge in [-0.15, -0.1) is 0 Å². The normalized spacial score (nSPS) is 11.6. The summed E-state index contributed by atoms with van der Waals surface area (Å²) in [4.78, 5) is 0. The zero-order chi connectivity index (χ0) is 15.1. The van der Waals surface area contributed by atoms with Gasteiger partial charge in [-0.3, -0.25) is 0 Å². The molecule has 4 heteroatoms. The van der Waals surface area contributed by atoms with E-state index in [-0.39, 0.29) is 5.02 Å². The molecule has 0 bridgehead atoms. The van der Waals surface area contributed by atoms with Crippen molar-refractivity contribution in [3.05, 3.63) is 70.0 Å². The Hall–Kier alpha value is -2.00. The van der Waals surface area contributed by atoms with Crippen LogP contribution in [0.4, 0.5) is 4.39 Å². The van der Waals surface area contributed by atoms with E-state index in [1.807, 2.05) is 12.1 Å². The molecular weight excluding hydrogens is 287 g/mol. The van der Waals surface area contributed by atoms with Crippen LogP contribution in [0.25, 0.3) is 0 Å². The number of aryl methyl sites for hydroxylation is 1. The van der Waals surface area contributed by atoms with Crippen molar-refractivity contribution in [3.8, 4) is 0 Å². The molecule has 0 amide bonds. The predicted molar refractivity (Wildman–Crippen MR) is 87.0 cm³/mol. The Morgan fingerprint density at radius 3 is 2.24 bits per heavy atom. The monoisotopic (exact) mass is 302 g/mol. The second-order valence-corrected chi connectivity index (χ2v) is 5.06. The van der Waals surface area contributed by atoms with Gasteiger partial charge in [0.1, 0.15) is 5.82 Å². The van der Waals surface area contributed by atoms with Gasteiger partial charge in [-0.2, -0.15) is 10.2 Å². The highest BCUT2D eigenvalue weighted by Crippen LogP contribution is 2.14. The molecule has 0 aliphatic heterocycles. The average Bonchev–Trinajstić information content (AvgIpc) is 2.49. The van der Waals surface area contributed by atoms with Gasteiger partial charge in [-0.25, -0.2) is 4.39 Å². The fourth-order valence-electron chi connectivity index (χ4n) is 1.85. The van der Waals surface area contributed by atoms with Crippen LogP contribution in [-0.2, 0) is 6.42 Å². The second-order valence-electron chi connectivity index (χ2n) is 4.65. The lowest BCUT2D eigenvalue weighted by atomic mass is 10.1. The van der Waals surface area contributed by atoms with Gasteiger partial charge in [0, 0.05) is 0 Å². The summed E-state index contributed by atoms with van der Waals surface area (Å²) in [7, 11) is 0. The highest BCUT2D eigenvalue weighted by molar-refractivity contribution is 6.30. The zero-order valence-electron chi connectivity index (χ0n) is 11.8. The van der Waals surface area contributed by atoms with Gasteiger partial charge in [0.15, 0.2) is 0 Å². The van der Waals surface area contributed by atoms with Crippen molar-refractivity contribution in [1.82, 2.24) is 0 Å². The Bertz CT molecular complexity index is 648. The van der Waals surface area contributed by atoms with E-state index in [0.717, 1.165) is 18.4 Å². The summed E-state index contributed by atoms with van der Waals surface area (Å²) in [5, 5.41) is 7.95. The first-order chi connectivity index (χ1) is 10.2. The summed E-state index contributed by atoms with van der Waals surface area (Å²) in [5.41, 5.74) is 2.91. The predicted octanol–water partition coefficient (Wildman–Crippen LogP) is 4.88. The van der Waals surface area contributed by atoms with Crippen molar-refractivity contribution in [2.75, 3.05) is 0 Å². The molecule has 0 unspecified atom stereocenters. The molecule has 0 radical (unpaired) electrons. The third-order valence-electron chi connectivity index (χ3n) is 2.94. The van der Waals surface area contributed by atoms with Gasteiger partial charge in [0.05, 0.1) is 17.5 Å². The molecule has 108 valence electrons. The molecule has 2 nitrogen and oxygen atoms in total. The molecule has 0 saturated heterocycles. The molecule has 2 aromatic rings. The largest absolute Gasteiger partial charge is 0.205 e. The van der Waals surface area contributed by atoms with Gasteiger partial charge in [0.25, 0.3) is 0 Å². The van der Waals surface area contributed by atoms with E-state index in [4.69, 9.17) is 11.6 Å². The first kappa shape index (κ1) is 15.4. The quantitative estimate of drug-likeness (QED) is 0.555. The molecule has 0 aliphatic carbocycles. The summed E-state index contributed by atoms with van der Waals surface area (Å²) in [6.07, 6.45) is 5.37. The Kier molecular flexibility index (Phi) is 5.64. The third-order valence-corrected chi connectivity index (χ3v) is 3.25. The molecule has 2 aromatic carbocycles. The average molecular weight is 303 g/mol. The summed E-state index contributed by atoms with van der Waals surface area (Å²) in [6.45, 7) is 2.16. The number of nitrogens with zero attached hydrogens (tertiary/aromatic N) is 2. The summed E-state index contributed by atoms with van der Waals surface area (Å²) in [5.74, 6) is -0.462. The van der Waals surface area contributed by atoms with Crippen LogP contribution in [-0.4, -0.2) is 12.4 Å². The molecule has 0 spiro atoms. The van der Waals surface area contributed by atoms with Crippen LogP contribution in [0.15, 0.2) is 52.7 Å². The minimum Gasteiger partial charge on any atom is -0.205 e. The fraction of sp³-hybridized carbons (Fsp3) is 0.176. The summed E-state index contributed by atoms with van der Waals surface area (Å²) in [6, 6.07) is 12.7. The van der Waals surface area contributed by atoms with E-state index in [0.29, 0.717) is 5.56 Å². The van der Waals surface area contributed by atoms with Crippen molar-refractivity contribution >= 4 is 24.0 Å². The maximum absolute atomic E-state index is 13.2. The van der Waals surface area contributed by atoms with Gasteiger partial charge in [0.2, 0.25) is 0 Å². The van der Waals surface area contributed by atoms with E-state index in [1.54, 1.807) is 12.3 Å². The molecule has 0 N–H and O–H groups in total. The lowest BCUT2D eigenvalue weighted by molar-refractivity contribution is 0.628. The smallest absolute Gasteiger partial charge is 0.142 e. The minimum atomic E-state index is -0.462. The molecule has 0 fully saturated rings. The van der Waals surface area contributed by atoms with Gasteiger partial charge in [-0.1, -0.05) is 55.3 Å². The first-order valence-electron chi connectivity index (χ1n) is 6.79. The van der Waals surface area contributed by atoms with Crippen molar-refractivity contribution in [3.63, 3.8) is 0 Å². The third kappa shape index (κ3) is 4.80. The van der Waals surface area contributed by atoms with Crippen LogP contribution in [0.2, 0.25) is 5.02 Å². The van der Waals surface area contributed by atoms with Crippen LogP contribution < -0.4 is 0 Å². The van der Waals surface area contributed by atoms with Crippen LogP contribution in [0.5, 0.6) is 0 Å². The number of rotatable bonds is 5. The van der Waals surface area contributed by atoms with Crippen molar-refractivity contribution < 1.29 is 4.39 Å². The van der Waals surface area contributed by atoms with Gasteiger partial charge >= 0.3 is 0 Å². The highest BCUT2D eigenvalue weighted by Gasteiger charge is 1.98. The van der Waals surface area contributed by atoms with Crippen molar-refractivity contribution in [1.29, 1.82) is 0 Å². The summed E-state index contributed by atoms with van der Waals surface area (Å²) >= 11 is 5.61. The molecular formula is C17H16ClFN2. The Morgan fingerprint density at radius 1 is 1.00 bits per heavy atom. The van der Waals surface area contributed by atoms with Gasteiger partial charge in [-0.05, 0) is 35.2 Å². The second kappa shape index (κ2) is 7.70. The van der Waals surface area contributed by atoms with Gasteiger partial charge < -0.3 is 0 Å². The number of hydrogen-bond acceptors (Lipinski definition) is 2. The van der Waals surface area contributed by atoms with Crippen LogP contribution >= 0.6 is 11.6 Å². The standard InChI is InChI=1S/C17H16ClFN2/c1-2-3-13-4-6-14(7-5-13)11-20-21-12-15-8-9-16(18)17(19)10-15/h4-12H,2-3H2,1H3/b20-11+,21-12+. The first-order valence-corrected chi connectivity index (χ1v) is 7.17. The van der Waals surface area contributed by atoms with Crippen LogP contribution in [0.1, 0.15) is 30.0 Å². The van der Waals surface area contributed by atoms with E-state index < -0.39 is 5.82 Å². The highest BCUT2D eigenvalue weighted by atomic mass is 35.5. The summed E-state index contributed by atoms with van der Waals surface area (Å²) < 4.78 is 13.2. The lowest BCUT2D eigenvalue weighted by Crippen LogP contribution is -1.86. The van der Waals surface area contributed by atoms with E-state index in [2.05, 4.69) is 29.3 Å². The number of halogens is 2. The molecule has 21 heavy (non-hydrogen) atoms. The minimum absolute atomic E-state index is 0.0998. The molecule has 0 aromatic heterocycles. The number of hydrogen-bond donors (Lipinski definition) is 0. The Morgan fingerprint density at radius 2 is 1.62 bits per heavy atom. The van der Waals surface area contributed by atoms with Crippen LogP contribution in [0, 0.1) is 5.82 Å². The molecule has 0 aliphatic rings. The van der Waals surface area contributed by atoms with E-state index in [9.17, 15) is 4.39 Å². The maximum Gasteiger partial charge on any atom is 0.142 e. The zero-order valence-corrected chi connectivity index (χ0v) is 12.5. The Balaban J connectivity index is 1.97. The SMILES string of the molecule is CCCc1ccc(/C=N/N=C/c2ccc(Cl)c(F)c2)cc1. The van der Waals surface area contributed by atoms with E-state index >= 15 is 0 Å². The van der Waals surface area contributed by atoms with E-state index in [1.165, 1.54) is 23.9 Å². The number of benzene rings is 2. The maximum atomic E-state index is 13.2. The van der Waals surface area contributed by atoms with Crippen LogP contribution in [0.3, 0.4) is 0 Å². The molecule has 0 atom stereocenters. The molecule has 2 rings (SSSR count). The topological polar surface area (TPSA) is 24.7 Å². The fourth-order valence-corrected chi connectivity index (χ4v) is 1.97. The molecule has 0 saturated carbocycles.